The predicted octanol–water partition coefficient (Wildman–Crippen LogP) is 14.3. The first-order valence-electron chi connectivity index (χ1n) is 24.6. The summed E-state index contributed by atoms with van der Waals surface area (Å²) in [4.78, 5) is 26.0. The summed E-state index contributed by atoms with van der Waals surface area (Å²) in [5.74, 6) is -0.484. The summed E-state index contributed by atoms with van der Waals surface area (Å²) in [6.45, 7) is 6.44. The molecule has 0 aliphatic rings. The van der Waals surface area contributed by atoms with Crippen molar-refractivity contribution >= 4 is 11.9 Å². The van der Waals surface area contributed by atoms with Gasteiger partial charge >= 0.3 is 5.97 Å². The molecular formula is C50H95NO5. The van der Waals surface area contributed by atoms with Gasteiger partial charge in [0.05, 0.1) is 25.2 Å². The van der Waals surface area contributed by atoms with Crippen molar-refractivity contribution in [2.45, 2.75) is 277 Å². The van der Waals surface area contributed by atoms with E-state index in [1.807, 2.05) is 0 Å². The molecule has 3 atom stereocenters. The minimum absolute atomic E-state index is 0.0688. The molecule has 0 rings (SSSR count). The Morgan fingerprint density at radius 2 is 0.893 bits per heavy atom. The van der Waals surface area contributed by atoms with Crippen LogP contribution in [0.25, 0.3) is 0 Å². The molecule has 6 nitrogen and oxygen atoms in total. The molecule has 330 valence electrons. The van der Waals surface area contributed by atoms with Gasteiger partial charge in [0.15, 0.2) is 0 Å². The highest BCUT2D eigenvalue weighted by molar-refractivity contribution is 5.77. The van der Waals surface area contributed by atoms with Crippen molar-refractivity contribution in [3.05, 3.63) is 24.3 Å². The SMILES string of the molecule is CCCCC/C=C/C=C/CCCCCCC(CC(=O)NC(CO)C(O)CCCCCCCCCCCCC)OC(=O)CCCCCCCCCCCCCCC. The lowest BCUT2D eigenvalue weighted by molar-refractivity contribution is -0.151. The summed E-state index contributed by atoms with van der Waals surface area (Å²) in [6, 6.07) is -0.702. The van der Waals surface area contributed by atoms with Crippen molar-refractivity contribution in [1.29, 1.82) is 0 Å². The minimum atomic E-state index is -0.787. The quantitative estimate of drug-likeness (QED) is 0.0324. The van der Waals surface area contributed by atoms with Crippen molar-refractivity contribution in [2.24, 2.45) is 0 Å². The van der Waals surface area contributed by atoms with Crippen molar-refractivity contribution < 1.29 is 24.5 Å². The van der Waals surface area contributed by atoms with Crippen molar-refractivity contribution in [2.75, 3.05) is 6.61 Å². The molecule has 0 aliphatic carbocycles. The number of esters is 1. The van der Waals surface area contributed by atoms with Gasteiger partial charge in [-0.25, -0.2) is 0 Å². The van der Waals surface area contributed by atoms with Gasteiger partial charge in [0, 0.05) is 6.42 Å². The molecule has 56 heavy (non-hydrogen) atoms. The summed E-state index contributed by atoms with van der Waals surface area (Å²) in [6.07, 6.45) is 49.4. The normalized spacial score (nSPS) is 13.4. The lowest BCUT2D eigenvalue weighted by Crippen LogP contribution is -2.46. The third-order valence-corrected chi connectivity index (χ3v) is 11.3. The Balaban J connectivity index is 4.60. The highest BCUT2D eigenvalue weighted by atomic mass is 16.5. The molecule has 0 aromatic rings. The average molecular weight is 790 g/mol. The maximum Gasteiger partial charge on any atom is 0.306 e. The fourth-order valence-electron chi connectivity index (χ4n) is 7.54. The second-order valence-electron chi connectivity index (χ2n) is 16.9. The summed E-state index contributed by atoms with van der Waals surface area (Å²) in [5, 5.41) is 23.7. The molecule has 0 radical (unpaired) electrons. The first-order valence-corrected chi connectivity index (χ1v) is 24.6. The van der Waals surface area contributed by atoms with E-state index in [9.17, 15) is 19.8 Å². The third-order valence-electron chi connectivity index (χ3n) is 11.3. The standard InChI is InChI=1S/C50H95NO5/c1-4-7-10-13-16-19-22-24-27-29-32-35-38-41-46(56-50(55)43-40-37-34-31-28-25-23-20-17-14-11-8-5-2)44-49(54)51-47(45-52)48(53)42-39-36-33-30-26-21-18-15-12-9-6-3/h16,19,22,24,46-48,52-53H,4-15,17-18,20-21,23,25-45H2,1-3H3,(H,51,54)/b19-16+,24-22+. The molecule has 0 saturated heterocycles. The van der Waals surface area contributed by atoms with Crippen LogP contribution in [0, 0.1) is 0 Å². The number of amides is 1. The van der Waals surface area contributed by atoms with Crippen LogP contribution in [0.15, 0.2) is 24.3 Å². The van der Waals surface area contributed by atoms with Crippen molar-refractivity contribution in [3.63, 3.8) is 0 Å². The van der Waals surface area contributed by atoms with Crippen LogP contribution in [0.1, 0.15) is 258 Å². The zero-order valence-corrected chi connectivity index (χ0v) is 37.5. The number of allylic oxidation sites excluding steroid dienone is 4. The smallest absolute Gasteiger partial charge is 0.306 e. The van der Waals surface area contributed by atoms with Crippen LogP contribution >= 0.6 is 0 Å². The number of carbonyl (C=O) groups is 2. The molecule has 3 unspecified atom stereocenters. The van der Waals surface area contributed by atoms with Crippen molar-refractivity contribution in [3.8, 4) is 0 Å². The summed E-state index contributed by atoms with van der Waals surface area (Å²) in [5.41, 5.74) is 0. The number of nitrogens with one attached hydrogen (secondary N) is 1. The zero-order valence-electron chi connectivity index (χ0n) is 37.5. The number of hydrogen-bond acceptors (Lipinski definition) is 5. The summed E-state index contributed by atoms with van der Waals surface area (Å²) < 4.78 is 5.91. The number of ether oxygens (including phenoxy) is 1. The molecule has 1 amide bonds. The number of unbranched alkanes of at least 4 members (excludes halogenated alkanes) is 29. The van der Waals surface area contributed by atoms with Crippen LogP contribution in [-0.4, -0.2) is 46.9 Å². The summed E-state index contributed by atoms with van der Waals surface area (Å²) >= 11 is 0. The number of aliphatic hydroxyl groups excluding tert-OH is 2. The molecule has 0 bridgehead atoms. The van der Waals surface area contributed by atoms with E-state index in [0.717, 1.165) is 77.0 Å². The second kappa shape index (κ2) is 44.4. The van der Waals surface area contributed by atoms with Crippen molar-refractivity contribution in [1.82, 2.24) is 5.32 Å². The Morgan fingerprint density at radius 1 is 0.518 bits per heavy atom. The zero-order chi connectivity index (χ0) is 41.0. The molecule has 6 heteroatoms. The van der Waals surface area contributed by atoms with E-state index in [-0.39, 0.29) is 24.9 Å². The van der Waals surface area contributed by atoms with Gasteiger partial charge in [0.2, 0.25) is 5.91 Å². The lowest BCUT2D eigenvalue weighted by atomic mass is 10.0. The molecule has 0 fully saturated rings. The largest absolute Gasteiger partial charge is 0.462 e. The first-order chi connectivity index (χ1) is 27.5. The van der Waals surface area contributed by atoms with E-state index in [4.69, 9.17) is 4.74 Å². The van der Waals surface area contributed by atoms with Crippen LogP contribution in [0.3, 0.4) is 0 Å². The fraction of sp³-hybridized carbons (Fsp3) is 0.880. The summed E-state index contributed by atoms with van der Waals surface area (Å²) in [7, 11) is 0. The molecule has 0 aliphatic heterocycles. The Kier molecular flexibility index (Phi) is 43.1. The van der Waals surface area contributed by atoms with E-state index in [1.54, 1.807) is 0 Å². The monoisotopic (exact) mass is 790 g/mol. The van der Waals surface area contributed by atoms with E-state index < -0.39 is 18.2 Å². The lowest BCUT2D eigenvalue weighted by Gasteiger charge is -2.24. The second-order valence-corrected chi connectivity index (χ2v) is 16.9. The van der Waals surface area contributed by atoms with Gasteiger partial charge < -0.3 is 20.3 Å². The van der Waals surface area contributed by atoms with Gasteiger partial charge in [0.1, 0.15) is 6.10 Å². The molecule has 3 N–H and O–H groups in total. The molecular weight excluding hydrogens is 695 g/mol. The van der Waals surface area contributed by atoms with E-state index in [0.29, 0.717) is 19.3 Å². The van der Waals surface area contributed by atoms with Crippen LogP contribution in [-0.2, 0) is 14.3 Å². The Morgan fingerprint density at radius 3 is 1.36 bits per heavy atom. The highest BCUT2D eigenvalue weighted by Gasteiger charge is 2.24. The van der Waals surface area contributed by atoms with Crippen LogP contribution in [0.5, 0.6) is 0 Å². The van der Waals surface area contributed by atoms with Gasteiger partial charge in [-0.2, -0.15) is 0 Å². The Bertz CT molecular complexity index is 889. The van der Waals surface area contributed by atoms with E-state index >= 15 is 0 Å². The first kappa shape index (κ1) is 54.3. The van der Waals surface area contributed by atoms with Crippen LogP contribution in [0.2, 0.25) is 0 Å². The number of rotatable bonds is 44. The van der Waals surface area contributed by atoms with E-state index in [2.05, 4.69) is 50.4 Å². The molecule has 0 spiro atoms. The third kappa shape index (κ3) is 39.2. The number of hydrogen-bond donors (Lipinski definition) is 3. The minimum Gasteiger partial charge on any atom is -0.462 e. The van der Waals surface area contributed by atoms with Crippen LogP contribution < -0.4 is 5.32 Å². The molecule has 0 saturated carbocycles. The Hall–Kier alpha value is -1.66. The van der Waals surface area contributed by atoms with E-state index in [1.165, 1.54) is 135 Å². The van der Waals surface area contributed by atoms with Gasteiger partial charge in [-0.05, 0) is 51.4 Å². The predicted molar refractivity (Wildman–Crippen MR) is 241 cm³/mol. The molecule has 0 aromatic carbocycles. The molecule has 0 aromatic heterocycles. The Labute approximate surface area is 348 Å². The van der Waals surface area contributed by atoms with Gasteiger partial charge in [-0.1, -0.05) is 218 Å². The topological polar surface area (TPSA) is 95.9 Å². The fourth-order valence-corrected chi connectivity index (χ4v) is 7.54. The molecule has 0 heterocycles. The maximum absolute atomic E-state index is 13.2. The maximum atomic E-state index is 13.2. The number of aliphatic hydroxyl groups is 2. The highest BCUT2D eigenvalue weighted by Crippen LogP contribution is 2.18. The van der Waals surface area contributed by atoms with Gasteiger partial charge in [0.25, 0.3) is 0 Å². The van der Waals surface area contributed by atoms with Gasteiger partial charge in [-0.15, -0.1) is 0 Å². The average Bonchev–Trinajstić information content (AvgIpc) is 3.19. The van der Waals surface area contributed by atoms with Crippen LogP contribution in [0.4, 0.5) is 0 Å². The number of carbonyl (C=O) groups excluding carboxylic acids is 2. The van der Waals surface area contributed by atoms with Gasteiger partial charge in [-0.3, -0.25) is 9.59 Å².